The molecule has 0 aliphatic carbocycles. The van der Waals surface area contributed by atoms with Crippen LogP contribution >= 0.6 is 0 Å². The maximum Gasteiger partial charge on any atom is 0.310 e. The minimum absolute atomic E-state index is 0.359. The smallest absolute Gasteiger partial charge is 0.310 e. The van der Waals surface area contributed by atoms with E-state index in [4.69, 9.17) is 16.6 Å². The minimum Gasteiger partial charge on any atom is -0.481 e. The summed E-state index contributed by atoms with van der Waals surface area (Å²) < 4.78 is 0. The van der Waals surface area contributed by atoms with Crippen molar-refractivity contribution < 1.29 is 9.90 Å². The monoisotopic (exact) mass is 180 g/mol. The highest BCUT2D eigenvalue weighted by Gasteiger charge is 2.16. The summed E-state index contributed by atoms with van der Waals surface area (Å²) in [7, 11) is 0. The second kappa shape index (κ2) is 3.35. The lowest BCUT2D eigenvalue weighted by atomic mass is 9.99. The summed E-state index contributed by atoms with van der Waals surface area (Å²) in [5, 5.41) is 8.75. The van der Waals surface area contributed by atoms with Crippen LogP contribution in [0.15, 0.2) is 18.2 Å². The number of nitrogen functional groups attached to an aromatic ring is 2. The van der Waals surface area contributed by atoms with Crippen LogP contribution in [0.1, 0.15) is 18.4 Å². The first kappa shape index (κ1) is 9.38. The third-order valence-electron chi connectivity index (χ3n) is 2.01. The molecule has 1 atom stereocenters. The zero-order valence-electron chi connectivity index (χ0n) is 7.32. The summed E-state index contributed by atoms with van der Waals surface area (Å²) in [5.41, 5.74) is 12.5. The van der Waals surface area contributed by atoms with Crippen molar-refractivity contribution in [3.63, 3.8) is 0 Å². The molecule has 70 valence electrons. The van der Waals surface area contributed by atoms with Gasteiger partial charge >= 0.3 is 5.97 Å². The van der Waals surface area contributed by atoms with E-state index < -0.39 is 11.9 Å². The fourth-order valence-corrected chi connectivity index (χ4v) is 1.11. The van der Waals surface area contributed by atoms with Gasteiger partial charge in [0.15, 0.2) is 0 Å². The van der Waals surface area contributed by atoms with Gasteiger partial charge in [-0.25, -0.2) is 0 Å². The van der Waals surface area contributed by atoms with Crippen LogP contribution in [0.4, 0.5) is 11.4 Å². The Kier molecular flexibility index (Phi) is 2.41. The molecule has 0 saturated heterocycles. The number of carboxylic acids is 1. The topological polar surface area (TPSA) is 89.3 Å². The molecule has 0 radical (unpaired) electrons. The summed E-state index contributed by atoms with van der Waals surface area (Å²) in [5.74, 6) is -1.53. The summed E-state index contributed by atoms with van der Waals surface area (Å²) in [6.45, 7) is 1.58. The molecule has 0 saturated carbocycles. The van der Waals surface area contributed by atoms with Crippen LogP contribution in [0.25, 0.3) is 0 Å². The fourth-order valence-electron chi connectivity index (χ4n) is 1.11. The molecule has 0 aliphatic heterocycles. The molecule has 4 nitrogen and oxygen atoms in total. The average Bonchev–Trinajstić information content (AvgIpc) is 2.08. The van der Waals surface area contributed by atoms with Crippen LogP contribution in [0, 0.1) is 0 Å². The van der Waals surface area contributed by atoms with Gasteiger partial charge in [0.1, 0.15) is 0 Å². The predicted octanol–water partition coefficient (Wildman–Crippen LogP) is 1.04. The number of hydrogen-bond acceptors (Lipinski definition) is 3. The SMILES string of the molecule is CC(C(=O)O)c1cccc(N)c1N. The van der Waals surface area contributed by atoms with Gasteiger partial charge in [-0.05, 0) is 18.6 Å². The first-order valence-corrected chi connectivity index (χ1v) is 3.90. The van der Waals surface area contributed by atoms with Crippen molar-refractivity contribution in [1.29, 1.82) is 0 Å². The third-order valence-corrected chi connectivity index (χ3v) is 2.01. The van der Waals surface area contributed by atoms with Gasteiger partial charge in [0.2, 0.25) is 0 Å². The Bertz CT molecular complexity index is 336. The zero-order valence-corrected chi connectivity index (χ0v) is 7.32. The van der Waals surface area contributed by atoms with Gasteiger partial charge in [-0.1, -0.05) is 12.1 Å². The molecule has 1 aromatic carbocycles. The number of nitrogens with two attached hydrogens (primary N) is 2. The van der Waals surface area contributed by atoms with E-state index >= 15 is 0 Å². The van der Waals surface area contributed by atoms with Gasteiger partial charge in [-0.15, -0.1) is 0 Å². The highest BCUT2D eigenvalue weighted by atomic mass is 16.4. The van der Waals surface area contributed by atoms with E-state index in [0.29, 0.717) is 16.9 Å². The number of benzene rings is 1. The van der Waals surface area contributed by atoms with Crippen molar-refractivity contribution in [3.8, 4) is 0 Å². The molecule has 0 spiro atoms. The van der Waals surface area contributed by atoms with E-state index in [1.165, 1.54) is 0 Å². The van der Waals surface area contributed by atoms with Crippen LogP contribution in [0.5, 0.6) is 0 Å². The van der Waals surface area contributed by atoms with E-state index in [1.807, 2.05) is 0 Å². The Morgan fingerprint density at radius 3 is 2.62 bits per heavy atom. The number of rotatable bonds is 2. The molecule has 1 rings (SSSR count). The molecule has 4 heteroatoms. The van der Waals surface area contributed by atoms with Crippen molar-refractivity contribution >= 4 is 17.3 Å². The van der Waals surface area contributed by atoms with Crippen molar-refractivity contribution in [2.45, 2.75) is 12.8 Å². The Morgan fingerprint density at radius 1 is 1.46 bits per heavy atom. The Labute approximate surface area is 76.2 Å². The summed E-state index contributed by atoms with van der Waals surface area (Å²) in [6, 6.07) is 5.01. The number of carbonyl (C=O) groups is 1. The lowest BCUT2D eigenvalue weighted by molar-refractivity contribution is -0.138. The molecule has 0 fully saturated rings. The molecule has 0 aromatic heterocycles. The molecule has 13 heavy (non-hydrogen) atoms. The number of para-hydroxylation sites is 1. The van der Waals surface area contributed by atoms with Gasteiger partial charge in [0, 0.05) is 0 Å². The van der Waals surface area contributed by atoms with E-state index in [2.05, 4.69) is 0 Å². The molecule has 1 unspecified atom stereocenters. The zero-order chi connectivity index (χ0) is 10.0. The summed E-state index contributed by atoms with van der Waals surface area (Å²) in [6.07, 6.45) is 0. The van der Waals surface area contributed by atoms with Crippen LogP contribution in [-0.2, 0) is 4.79 Å². The second-order valence-corrected chi connectivity index (χ2v) is 2.91. The first-order chi connectivity index (χ1) is 6.04. The van der Waals surface area contributed by atoms with Crippen molar-refractivity contribution in [2.24, 2.45) is 0 Å². The summed E-state index contributed by atoms with van der Waals surface area (Å²) in [4.78, 5) is 10.7. The van der Waals surface area contributed by atoms with Gasteiger partial charge in [-0.2, -0.15) is 0 Å². The Hall–Kier alpha value is -1.71. The number of carboxylic acid groups (broad SMARTS) is 1. The molecule has 0 heterocycles. The highest BCUT2D eigenvalue weighted by Crippen LogP contribution is 2.26. The number of hydrogen-bond donors (Lipinski definition) is 3. The first-order valence-electron chi connectivity index (χ1n) is 3.90. The largest absolute Gasteiger partial charge is 0.481 e. The molecule has 0 bridgehead atoms. The van der Waals surface area contributed by atoms with Crippen LogP contribution in [0.3, 0.4) is 0 Å². The summed E-state index contributed by atoms with van der Waals surface area (Å²) >= 11 is 0. The van der Waals surface area contributed by atoms with Gasteiger partial charge in [0.25, 0.3) is 0 Å². The van der Waals surface area contributed by atoms with Crippen molar-refractivity contribution in [1.82, 2.24) is 0 Å². The van der Waals surface area contributed by atoms with Crippen molar-refractivity contribution in [2.75, 3.05) is 11.5 Å². The molecule has 1 aromatic rings. The minimum atomic E-state index is -0.905. The van der Waals surface area contributed by atoms with E-state index in [0.717, 1.165) is 0 Å². The standard InChI is InChI=1S/C9H12N2O2/c1-5(9(12)13)6-3-2-4-7(10)8(6)11/h2-5H,10-11H2,1H3,(H,12,13). The maximum absolute atomic E-state index is 10.7. The van der Waals surface area contributed by atoms with Gasteiger partial charge in [-0.3, -0.25) is 4.79 Å². The van der Waals surface area contributed by atoms with Gasteiger partial charge in [0.05, 0.1) is 17.3 Å². The lowest BCUT2D eigenvalue weighted by Gasteiger charge is -2.11. The third kappa shape index (κ3) is 1.72. The maximum atomic E-state index is 10.7. The van der Waals surface area contributed by atoms with E-state index in [-0.39, 0.29) is 0 Å². The van der Waals surface area contributed by atoms with Crippen LogP contribution in [0.2, 0.25) is 0 Å². The van der Waals surface area contributed by atoms with E-state index in [9.17, 15) is 4.79 Å². The quantitative estimate of drug-likeness (QED) is 0.593. The fraction of sp³-hybridized carbons (Fsp3) is 0.222. The predicted molar refractivity (Wildman–Crippen MR) is 51.3 cm³/mol. The number of aliphatic carboxylic acids is 1. The highest BCUT2D eigenvalue weighted by molar-refractivity contribution is 5.81. The molecule has 0 aliphatic rings. The molecule has 5 N–H and O–H groups in total. The number of anilines is 2. The Balaban J connectivity index is 3.15. The second-order valence-electron chi connectivity index (χ2n) is 2.91. The molecule has 0 amide bonds. The van der Waals surface area contributed by atoms with Crippen LogP contribution < -0.4 is 11.5 Å². The van der Waals surface area contributed by atoms with Gasteiger partial charge < -0.3 is 16.6 Å². The normalized spacial score (nSPS) is 12.4. The van der Waals surface area contributed by atoms with E-state index in [1.54, 1.807) is 25.1 Å². The average molecular weight is 180 g/mol. The molecular weight excluding hydrogens is 168 g/mol. The van der Waals surface area contributed by atoms with Crippen molar-refractivity contribution in [3.05, 3.63) is 23.8 Å². The lowest BCUT2D eigenvalue weighted by Crippen LogP contribution is -2.10. The molecular formula is C9H12N2O2. The van der Waals surface area contributed by atoms with Crippen LogP contribution in [-0.4, -0.2) is 11.1 Å². The Morgan fingerprint density at radius 2 is 2.08 bits per heavy atom.